The highest BCUT2D eigenvalue weighted by molar-refractivity contribution is 5.85. The number of carbonyl (C=O) groups is 1. The molecule has 2 aromatic rings. The molecule has 6 N–H and O–H groups in total. The summed E-state index contributed by atoms with van der Waals surface area (Å²) >= 11 is 0. The Morgan fingerprint density at radius 2 is 2.12 bits per heavy atom. The van der Waals surface area contributed by atoms with Crippen LogP contribution in [0.2, 0.25) is 0 Å². The first-order valence-corrected chi connectivity index (χ1v) is 5.08. The van der Waals surface area contributed by atoms with Crippen molar-refractivity contribution < 1.29 is 15.4 Å². The lowest BCUT2D eigenvalue weighted by atomic mass is 9.94. The topological polar surface area (TPSA) is 111 Å². The normalized spacial score (nSPS) is 14.0. The number of aromatic amines is 1. The van der Waals surface area contributed by atoms with E-state index in [9.17, 15) is 4.79 Å². The molecule has 0 aliphatic rings. The van der Waals surface area contributed by atoms with Crippen LogP contribution in [0.5, 0.6) is 0 Å². The third kappa shape index (κ3) is 2.46. The summed E-state index contributed by atoms with van der Waals surface area (Å²) in [5, 5.41) is 10.0. The molecular weight excluding hydrogens is 220 g/mol. The summed E-state index contributed by atoms with van der Waals surface area (Å²) in [6.07, 6.45) is 2.13. The van der Waals surface area contributed by atoms with Crippen LogP contribution in [0.3, 0.4) is 0 Å². The molecule has 92 valence electrons. The Morgan fingerprint density at radius 1 is 1.47 bits per heavy atom. The molecular formula is C12H16N2O3. The molecule has 0 amide bonds. The molecule has 0 aliphatic heterocycles. The zero-order valence-electron chi connectivity index (χ0n) is 9.53. The largest absolute Gasteiger partial charge is 0.480 e. The first kappa shape index (κ1) is 13.2. The molecule has 1 aromatic carbocycles. The van der Waals surface area contributed by atoms with Crippen LogP contribution >= 0.6 is 0 Å². The summed E-state index contributed by atoms with van der Waals surface area (Å²) in [5.74, 6) is -0.988. The molecule has 1 heterocycles. The fourth-order valence-corrected chi connectivity index (χ4v) is 1.75. The minimum absolute atomic E-state index is 0. The van der Waals surface area contributed by atoms with Gasteiger partial charge in [0.05, 0.1) is 0 Å². The Kier molecular flexibility index (Phi) is 3.55. The second-order valence-electron chi connectivity index (χ2n) is 4.26. The van der Waals surface area contributed by atoms with E-state index in [-0.39, 0.29) is 5.48 Å². The molecule has 0 fully saturated rings. The van der Waals surface area contributed by atoms with Crippen molar-refractivity contribution in [2.45, 2.75) is 18.9 Å². The SMILES string of the molecule is CC(N)(Cc1c[nH]c2ccccc12)C(=O)O.O. The van der Waals surface area contributed by atoms with Crippen LogP contribution in [0, 0.1) is 0 Å². The number of carboxylic acid groups (broad SMARTS) is 1. The smallest absolute Gasteiger partial charge is 0.323 e. The number of para-hydroxylation sites is 1. The van der Waals surface area contributed by atoms with Crippen molar-refractivity contribution in [3.8, 4) is 0 Å². The monoisotopic (exact) mass is 236 g/mol. The van der Waals surface area contributed by atoms with Gasteiger partial charge >= 0.3 is 5.97 Å². The highest BCUT2D eigenvalue weighted by atomic mass is 16.4. The molecule has 0 saturated carbocycles. The van der Waals surface area contributed by atoms with Crippen molar-refractivity contribution in [3.05, 3.63) is 36.0 Å². The average molecular weight is 236 g/mol. The molecule has 17 heavy (non-hydrogen) atoms. The molecule has 0 saturated heterocycles. The first-order chi connectivity index (χ1) is 7.50. The third-order valence-electron chi connectivity index (χ3n) is 2.72. The van der Waals surface area contributed by atoms with Crippen LogP contribution in [0.15, 0.2) is 30.5 Å². The highest BCUT2D eigenvalue weighted by Gasteiger charge is 2.28. The van der Waals surface area contributed by atoms with Crippen molar-refractivity contribution in [1.82, 2.24) is 4.98 Å². The van der Waals surface area contributed by atoms with Gasteiger partial charge in [0, 0.05) is 23.5 Å². The van der Waals surface area contributed by atoms with Crippen LogP contribution in [0.4, 0.5) is 0 Å². The molecule has 1 aromatic heterocycles. The number of carboxylic acids is 1. The van der Waals surface area contributed by atoms with Gasteiger partial charge in [-0.1, -0.05) is 18.2 Å². The molecule has 0 spiro atoms. The lowest BCUT2D eigenvalue weighted by molar-refractivity contribution is -0.142. The van der Waals surface area contributed by atoms with Gasteiger partial charge in [-0.3, -0.25) is 4.79 Å². The Bertz CT molecular complexity index is 531. The number of aromatic nitrogens is 1. The Balaban J connectivity index is 0.00000144. The van der Waals surface area contributed by atoms with E-state index in [1.165, 1.54) is 6.92 Å². The lowest BCUT2D eigenvalue weighted by Crippen LogP contribution is -2.46. The second kappa shape index (κ2) is 4.57. The summed E-state index contributed by atoms with van der Waals surface area (Å²) in [6, 6.07) is 7.77. The quantitative estimate of drug-likeness (QED) is 0.728. The van der Waals surface area contributed by atoms with E-state index in [1.807, 2.05) is 30.5 Å². The number of hydrogen-bond donors (Lipinski definition) is 3. The Morgan fingerprint density at radius 3 is 2.76 bits per heavy atom. The van der Waals surface area contributed by atoms with Gasteiger partial charge in [0.2, 0.25) is 0 Å². The summed E-state index contributed by atoms with van der Waals surface area (Å²) in [4.78, 5) is 14.0. The zero-order chi connectivity index (χ0) is 11.8. The summed E-state index contributed by atoms with van der Waals surface area (Å²) in [7, 11) is 0. The van der Waals surface area contributed by atoms with E-state index in [2.05, 4.69) is 4.98 Å². The highest BCUT2D eigenvalue weighted by Crippen LogP contribution is 2.21. The number of benzene rings is 1. The van der Waals surface area contributed by atoms with Crippen LogP contribution in [-0.4, -0.2) is 27.1 Å². The maximum absolute atomic E-state index is 10.9. The van der Waals surface area contributed by atoms with Gasteiger partial charge in [0.15, 0.2) is 0 Å². The first-order valence-electron chi connectivity index (χ1n) is 5.08. The van der Waals surface area contributed by atoms with E-state index in [1.54, 1.807) is 0 Å². The second-order valence-corrected chi connectivity index (χ2v) is 4.26. The van der Waals surface area contributed by atoms with Crippen molar-refractivity contribution in [1.29, 1.82) is 0 Å². The number of H-pyrrole nitrogens is 1. The van der Waals surface area contributed by atoms with Crippen molar-refractivity contribution in [2.24, 2.45) is 5.73 Å². The number of hydrogen-bond acceptors (Lipinski definition) is 2. The number of aliphatic carboxylic acids is 1. The van der Waals surface area contributed by atoms with Crippen LogP contribution in [0.25, 0.3) is 10.9 Å². The van der Waals surface area contributed by atoms with Gasteiger partial charge in [0.25, 0.3) is 0 Å². The van der Waals surface area contributed by atoms with E-state index in [0.29, 0.717) is 6.42 Å². The number of rotatable bonds is 3. The van der Waals surface area contributed by atoms with E-state index in [0.717, 1.165) is 16.5 Å². The molecule has 5 heteroatoms. The van der Waals surface area contributed by atoms with Gasteiger partial charge in [-0.05, 0) is 18.6 Å². The van der Waals surface area contributed by atoms with E-state index < -0.39 is 11.5 Å². The Hall–Kier alpha value is -1.85. The van der Waals surface area contributed by atoms with Crippen molar-refractivity contribution >= 4 is 16.9 Å². The lowest BCUT2D eigenvalue weighted by Gasteiger charge is -2.18. The van der Waals surface area contributed by atoms with Crippen LogP contribution in [0.1, 0.15) is 12.5 Å². The fourth-order valence-electron chi connectivity index (χ4n) is 1.75. The van der Waals surface area contributed by atoms with Crippen molar-refractivity contribution in [3.63, 3.8) is 0 Å². The minimum atomic E-state index is -1.23. The van der Waals surface area contributed by atoms with E-state index >= 15 is 0 Å². The molecule has 0 radical (unpaired) electrons. The third-order valence-corrected chi connectivity index (χ3v) is 2.72. The van der Waals surface area contributed by atoms with Gasteiger partial charge in [-0.15, -0.1) is 0 Å². The molecule has 2 rings (SSSR count). The summed E-state index contributed by atoms with van der Waals surface area (Å²) in [6.45, 7) is 1.52. The molecule has 0 bridgehead atoms. The maximum atomic E-state index is 10.9. The van der Waals surface area contributed by atoms with Crippen LogP contribution < -0.4 is 5.73 Å². The van der Waals surface area contributed by atoms with Gasteiger partial charge in [0.1, 0.15) is 5.54 Å². The molecule has 5 nitrogen and oxygen atoms in total. The molecule has 1 atom stereocenters. The maximum Gasteiger partial charge on any atom is 0.323 e. The molecule has 1 unspecified atom stereocenters. The Labute approximate surface area is 98.6 Å². The van der Waals surface area contributed by atoms with Gasteiger partial charge < -0.3 is 21.3 Å². The predicted octanol–water partition coefficient (Wildman–Crippen LogP) is 0.688. The van der Waals surface area contributed by atoms with Gasteiger partial charge in [-0.25, -0.2) is 0 Å². The standard InChI is InChI=1S/C12H14N2O2.H2O/c1-12(13,11(15)16)6-8-7-14-10-5-3-2-4-9(8)10;/h2-5,7,14H,6,13H2,1H3,(H,15,16);1H2. The minimum Gasteiger partial charge on any atom is -0.480 e. The summed E-state index contributed by atoms with van der Waals surface area (Å²) in [5.41, 5.74) is 6.43. The number of nitrogens with one attached hydrogen (secondary N) is 1. The van der Waals surface area contributed by atoms with Crippen LogP contribution in [-0.2, 0) is 11.2 Å². The fraction of sp³-hybridized carbons (Fsp3) is 0.250. The summed E-state index contributed by atoms with van der Waals surface area (Å²) < 4.78 is 0. The van der Waals surface area contributed by atoms with E-state index in [4.69, 9.17) is 10.8 Å². The average Bonchev–Trinajstić information content (AvgIpc) is 2.61. The number of fused-ring (bicyclic) bond motifs is 1. The zero-order valence-corrected chi connectivity index (χ0v) is 9.53. The van der Waals surface area contributed by atoms with Crippen molar-refractivity contribution in [2.75, 3.05) is 0 Å². The molecule has 0 aliphatic carbocycles. The predicted molar refractivity (Wildman–Crippen MR) is 65.8 cm³/mol. The number of nitrogens with two attached hydrogens (primary N) is 1. The van der Waals surface area contributed by atoms with Gasteiger partial charge in [-0.2, -0.15) is 0 Å².